The van der Waals surface area contributed by atoms with Crippen molar-refractivity contribution in [1.29, 1.82) is 0 Å². The first-order chi connectivity index (χ1) is 12.6. The summed E-state index contributed by atoms with van der Waals surface area (Å²) < 4.78 is 0. The maximum atomic E-state index is 12.5. The second-order valence-corrected chi connectivity index (χ2v) is 6.10. The third kappa shape index (κ3) is 10.6. The number of nitrogens with one attached hydrogen (secondary N) is 4. The fraction of sp³-hybridized carbons (Fsp3) is 0.667. The number of hydrogen-bond donors (Lipinski definition) is 7. The van der Waals surface area contributed by atoms with Crippen LogP contribution in [0.4, 0.5) is 4.79 Å². The molecule has 9 N–H and O–H groups in total. The summed E-state index contributed by atoms with van der Waals surface area (Å²) in [5, 5.41) is 18.2. The van der Waals surface area contributed by atoms with E-state index >= 15 is 0 Å². The molecule has 0 aliphatic carbocycles. The number of carbonyl (C=O) groups is 5. The van der Waals surface area contributed by atoms with E-state index in [1.807, 2.05) is 0 Å². The number of hydrogen-bond acceptors (Lipinski definition) is 6. The van der Waals surface area contributed by atoms with Crippen LogP contribution in [0.25, 0.3) is 0 Å². The standard InChI is InChI=1S/C15H28N6O6/c1-8(2)12(21-10(22)6-16)14(26)20-9(4-3-5-18-15(17)27)13(25)19-7-11(23)24/h8-9,12H,3-7,16H2,1-2H3,(H,19,25)(H,20,26)(H,21,22)(H,23,24)(H3,17,18,27)/t9-,12-/m0/s1. The van der Waals surface area contributed by atoms with Gasteiger partial charge in [-0.15, -0.1) is 0 Å². The van der Waals surface area contributed by atoms with Crippen molar-refractivity contribution in [1.82, 2.24) is 21.3 Å². The van der Waals surface area contributed by atoms with Gasteiger partial charge in [-0.05, 0) is 18.8 Å². The monoisotopic (exact) mass is 388 g/mol. The Balaban J connectivity index is 5.01. The number of nitrogens with two attached hydrogens (primary N) is 2. The molecule has 0 unspecified atom stereocenters. The Morgan fingerprint density at radius 1 is 1.00 bits per heavy atom. The molecular formula is C15H28N6O6. The number of urea groups is 1. The molecule has 154 valence electrons. The van der Waals surface area contributed by atoms with Crippen molar-refractivity contribution in [2.24, 2.45) is 17.4 Å². The van der Waals surface area contributed by atoms with Crippen molar-refractivity contribution in [2.75, 3.05) is 19.6 Å². The molecule has 2 atom stereocenters. The maximum Gasteiger partial charge on any atom is 0.322 e. The molecule has 0 bridgehead atoms. The Kier molecular flexibility index (Phi) is 11.1. The molecule has 0 aromatic rings. The normalized spacial score (nSPS) is 12.6. The molecule has 0 saturated carbocycles. The summed E-state index contributed by atoms with van der Waals surface area (Å²) >= 11 is 0. The van der Waals surface area contributed by atoms with Crippen LogP contribution in [0.1, 0.15) is 26.7 Å². The maximum absolute atomic E-state index is 12.5. The summed E-state index contributed by atoms with van der Waals surface area (Å²) in [5.41, 5.74) is 10.2. The van der Waals surface area contributed by atoms with E-state index in [0.29, 0.717) is 6.42 Å². The van der Waals surface area contributed by atoms with E-state index in [4.69, 9.17) is 16.6 Å². The lowest BCUT2D eigenvalue weighted by atomic mass is 10.0. The number of aliphatic carboxylic acids is 1. The van der Waals surface area contributed by atoms with Crippen molar-refractivity contribution < 1.29 is 29.1 Å². The Morgan fingerprint density at radius 2 is 1.63 bits per heavy atom. The van der Waals surface area contributed by atoms with Gasteiger partial charge in [0.1, 0.15) is 18.6 Å². The topological polar surface area (TPSA) is 206 Å². The smallest absolute Gasteiger partial charge is 0.322 e. The molecule has 0 radical (unpaired) electrons. The average Bonchev–Trinajstić information content (AvgIpc) is 2.58. The van der Waals surface area contributed by atoms with Gasteiger partial charge in [0, 0.05) is 6.54 Å². The summed E-state index contributed by atoms with van der Waals surface area (Å²) in [7, 11) is 0. The molecule has 12 nitrogen and oxygen atoms in total. The molecule has 0 aliphatic rings. The molecule has 0 aromatic heterocycles. The van der Waals surface area contributed by atoms with Gasteiger partial charge in [0.25, 0.3) is 0 Å². The molecule has 27 heavy (non-hydrogen) atoms. The van der Waals surface area contributed by atoms with Crippen LogP contribution in [0.5, 0.6) is 0 Å². The molecular weight excluding hydrogens is 360 g/mol. The van der Waals surface area contributed by atoms with Gasteiger partial charge >= 0.3 is 12.0 Å². The van der Waals surface area contributed by atoms with Crippen LogP contribution >= 0.6 is 0 Å². The van der Waals surface area contributed by atoms with Gasteiger partial charge in [-0.25, -0.2) is 4.79 Å². The lowest BCUT2D eigenvalue weighted by molar-refractivity contribution is -0.138. The first-order valence-corrected chi connectivity index (χ1v) is 8.41. The molecule has 0 spiro atoms. The van der Waals surface area contributed by atoms with Crippen LogP contribution in [0.3, 0.4) is 0 Å². The zero-order chi connectivity index (χ0) is 21.0. The van der Waals surface area contributed by atoms with Crippen LogP contribution in [-0.4, -0.2) is 66.5 Å². The Labute approximate surface area is 156 Å². The first-order valence-electron chi connectivity index (χ1n) is 8.41. The highest BCUT2D eigenvalue weighted by molar-refractivity contribution is 5.93. The van der Waals surface area contributed by atoms with Crippen LogP contribution in [0, 0.1) is 5.92 Å². The highest BCUT2D eigenvalue weighted by Gasteiger charge is 2.28. The van der Waals surface area contributed by atoms with Gasteiger partial charge in [-0.2, -0.15) is 0 Å². The fourth-order valence-electron chi connectivity index (χ4n) is 2.10. The molecule has 0 aliphatic heterocycles. The Morgan fingerprint density at radius 3 is 2.11 bits per heavy atom. The highest BCUT2D eigenvalue weighted by atomic mass is 16.4. The van der Waals surface area contributed by atoms with Crippen molar-refractivity contribution in [2.45, 2.75) is 38.8 Å². The highest BCUT2D eigenvalue weighted by Crippen LogP contribution is 2.05. The number of amides is 5. The Bertz CT molecular complexity index is 553. The minimum atomic E-state index is -1.24. The zero-order valence-electron chi connectivity index (χ0n) is 15.4. The number of primary amides is 1. The largest absolute Gasteiger partial charge is 0.480 e. The number of rotatable bonds is 12. The van der Waals surface area contributed by atoms with Crippen LogP contribution in [0.15, 0.2) is 0 Å². The fourth-order valence-corrected chi connectivity index (χ4v) is 2.10. The molecule has 0 rings (SSSR count). The SMILES string of the molecule is CC(C)[C@H](NC(=O)CN)C(=O)N[C@@H](CCCNC(N)=O)C(=O)NCC(=O)O. The number of carboxylic acid groups (broad SMARTS) is 1. The van der Waals surface area contributed by atoms with Crippen LogP contribution in [0.2, 0.25) is 0 Å². The molecule has 0 heterocycles. The van der Waals surface area contributed by atoms with E-state index in [1.54, 1.807) is 13.8 Å². The third-order valence-electron chi connectivity index (χ3n) is 3.47. The summed E-state index contributed by atoms with van der Waals surface area (Å²) in [6, 6.07) is -2.70. The summed E-state index contributed by atoms with van der Waals surface area (Å²) in [4.78, 5) is 57.4. The van der Waals surface area contributed by atoms with Gasteiger partial charge in [0.15, 0.2) is 0 Å². The molecule has 5 amide bonds. The first kappa shape index (κ1) is 24.1. The molecule has 0 saturated heterocycles. The lowest BCUT2D eigenvalue weighted by Gasteiger charge is -2.25. The van der Waals surface area contributed by atoms with Crippen molar-refractivity contribution in [3.05, 3.63) is 0 Å². The van der Waals surface area contributed by atoms with Crippen LogP contribution < -0.4 is 32.7 Å². The quantitative estimate of drug-likeness (QED) is 0.175. The predicted octanol–water partition coefficient (Wildman–Crippen LogP) is -2.78. The lowest BCUT2D eigenvalue weighted by Crippen LogP contribution is -2.56. The van der Waals surface area contributed by atoms with Crippen molar-refractivity contribution in [3.8, 4) is 0 Å². The Hall–Kier alpha value is -2.89. The predicted molar refractivity (Wildman–Crippen MR) is 95.2 cm³/mol. The number of carboxylic acids is 1. The van der Waals surface area contributed by atoms with E-state index < -0.39 is 48.4 Å². The minimum Gasteiger partial charge on any atom is -0.480 e. The van der Waals surface area contributed by atoms with Gasteiger partial charge in [0.05, 0.1) is 6.54 Å². The average molecular weight is 388 g/mol. The molecule has 12 heteroatoms. The summed E-state index contributed by atoms with van der Waals surface area (Å²) in [6.45, 7) is 2.68. The van der Waals surface area contributed by atoms with E-state index in [2.05, 4.69) is 21.3 Å². The zero-order valence-corrected chi connectivity index (χ0v) is 15.4. The minimum absolute atomic E-state index is 0.118. The second-order valence-electron chi connectivity index (χ2n) is 6.10. The van der Waals surface area contributed by atoms with Gasteiger partial charge in [-0.1, -0.05) is 13.8 Å². The van der Waals surface area contributed by atoms with E-state index in [9.17, 15) is 24.0 Å². The second kappa shape index (κ2) is 12.5. The van der Waals surface area contributed by atoms with E-state index in [0.717, 1.165) is 0 Å². The van der Waals surface area contributed by atoms with E-state index in [-0.39, 0.29) is 25.4 Å². The van der Waals surface area contributed by atoms with Gasteiger partial charge < -0.3 is 37.8 Å². The van der Waals surface area contributed by atoms with Crippen molar-refractivity contribution in [3.63, 3.8) is 0 Å². The van der Waals surface area contributed by atoms with Crippen molar-refractivity contribution >= 4 is 29.7 Å². The number of carbonyl (C=O) groups excluding carboxylic acids is 4. The van der Waals surface area contributed by atoms with Gasteiger partial charge in [0.2, 0.25) is 17.7 Å². The van der Waals surface area contributed by atoms with Crippen LogP contribution in [-0.2, 0) is 19.2 Å². The third-order valence-corrected chi connectivity index (χ3v) is 3.47. The summed E-state index contributed by atoms with van der Waals surface area (Å²) in [6.07, 6.45) is 0.420. The molecule has 0 aromatic carbocycles. The van der Waals surface area contributed by atoms with E-state index in [1.165, 1.54) is 0 Å². The summed E-state index contributed by atoms with van der Waals surface area (Å²) in [5.74, 6) is -3.34. The van der Waals surface area contributed by atoms with Gasteiger partial charge in [-0.3, -0.25) is 19.2 Å². The molecule has 0 fully saturated rings.